The summed E-state index contributed by atoms with van der Waals surface area (Å²) in [7, 11) is 1.03. The van der Waals surface area contributed by atoms with Crippen LogP contribution < -0.4 is 0 Å². The van der Waals surface area contributed by atoms with Crippen LogP contribution in [0.5, 0.6) is 0 Å². The minimum atomic E-state index is -3.40. The molecule has 0 spiro atoms. The minimum Gasteiger partial charge on any atom is -0.465 e. The van der Waals surface area contributed by atoms with Gasteiger partial charge in [0.15, 0.2) is 0 Å². The van der Waals surface area contributed by atoms with Crippen molar-refractivity contribution in [2.24, 2.45) is 40.4 Å². The van der Waals surface area contributed by atoms with E-state index in [4.69, 9.17) is 0 Å². The van der Waals surface area contributed by atoms with Crippen molar-refractivity contribution in [3.8, 4) is 0 Å². The fourth-order valence-electron chi connectivity index (χ4n) is 8.40. The summed E-state index contributed by atoms with van der Waals surface area (Å²) >= 11 is 0. The first-order valence-corrected chi connectivity index (χ1v) is 11.9. The molecule has 170 valence electrons. The quantitative estimate of drug-likeness (QED) is 0.461. The van der Waals surface area contributed by atoms with E-state index in [1.165, 1.54) is 5.57 Å². The van der Waals surface area contributed by atoms with Gasteiger partial charge in [-0.05, 0) is 91.8 Å². The Morgan fingerprint density at radius 1 is 1.23 bits per heavy atom. The molecule has 0 aliphatic heterocycles. The minimum absolute atomic E-state index is 0.0721. The number of fused-ring (bicyclic) bond motifs is 5. The molecule has 0 aromatic heterocycles. The number of esters is 1. The maximum absolute atomic E-state index is 14.3. The van der Waals surface area contributed by atoms with Gasteiger partial charge in [0.05, 0.1) is 13.2 Å². The van der Waals surface area contributed by atoms with E-state index in [9.17, 15) is 18.7 Å². The third-order valence-corrected chi connectivity index (χ3v) is 9.90. The predicted molar refractivity (Wildman–Crippen MR) is 112 cm³/mol. The second-order valence-corrected chi connectivity index (χ2v) is 11.3. The third kappa shape index (κ3) is 3.34. The summed E-state index contributed by atoms with van der Waals surface area (Å²) in [6.45, 7) is 6.66. The molecular formula is C25H38F2O3. The van der Waals surface area contributed by atoms with Gasteiger partial charge < -0.3 is 9.84 Å². The standard InChI is InChI=1S/C25H38F2O3/c1-15(14-25(26,27)22(29)30-4)19-7-8-20-18-6-5-16-13-17(28)9-11-23(16,2)21(18)10-12-24(19,20)3/h5,15,17-21,28H,6-14H2,1-4H3/t15-,17+,18+,19-,20+,21+,23?,24-/m1/s1. The molecule has 0 aromatic carbocycles. The van der Waals surface area contributed by atoms with Crippen LogP contribution in [0.25, 0.3) is 0 Å². The van der Waals surface area contributed by atoms with Crippen LogP contribution in [0.2, 0.25) is 0 Å². The van der Waals surface area contributed by atoms with Crippen LogP contribution in [0.3, 0.4) is 0 Å². The van der Waals surface area contributed by atoms with E-state index in [2.05, 4.69) is 24.7 Å². The number of carbonyl (C=O) groups excluding carboxylic acids is 1. The van der Waals surface area contributed by atoms with Gasteiger partial charge in [-0.1, -0.05) is 32.4 Å². The molecule has 0 bridgehead atoms. The van der Waals surface area contributed by atoms with Crippen molar-refractivity contribution in [2.45, 2.75) is 90.6 Å². The first-order valence-electron chi connectivity index (χ1n) is 11.9. The van der Waals surface area contributed by atoms with Crippen LogP contribution in [0.1, 0.15) is 78.6 Å². The lowest BCUT2D eigenvalue weighted by Crippen LogP contribution is -2.51. The van der Waals surface area contributed by atoms with Crippen molar-refractivity contribution in [3.05, 3.63) is 11.6 Å². The van der Waals surface area contributed by atoms with Gasteiger partial charge >= 0.3 is 11.9 Å². The molecule has 4 aliphatic rings. The van der Waals surface area contributed by atoms with Crippen molar-refractivity contribution >= 4 is 5.97 Å². The van der Waals surface area contributed by atoms with Crippen molar-refractivity contribution in [3.63, 3.8) is 0 Å². The van der Waals surface area contributed by atoms with Crippen molar-refractivity contribution in [2.75, 3.05) is 7.11 Å². The van der Waals surface area contributed by atoms with Crippen LogP contribution in [0.4, 0.5) is 8.78 Å². The average Bonchev–Trinajstić information content (AvgIpc) is 3.04. The summed E-state index contributed by atoms with van der Waals surface area (Å²) in [5.41, 5.74) is 1.74. The number of alkyl halides is 2. The van der Waals surface area contributed by atoms with E-state index in [1.54, 1.807) is 0 Å². The van der Waals surface area contributed by atoms with Gasteiger partial charge in [0, 0.05) is 6.42 Å². The molecule has 0 radical (unpaired) electrons. The molecule has 4 aliphatic carbocycles. The number of halogens is 2. The van der Waals surface area contributed by atoms with Crippen LogP contribution in [-0.4, -0.2) is 30.2 Å². The fourth-order valence-corrected chi connectivity index (χ4v) is 8.40. The second kappa shape index (κ2) is 7.56. The molecule has 3 saturated carbocycles. The molecule has 0 heterocycles. The molecule has 3 nitrogen and oxygen atoms in total. The number of rotatable bonds is 4. The van der Waals surface area contributed by atoms with Gasteiger partial charge in [0.1, 0.15) is 0 Å². The number of carbonyl (C=O) groups is 1. The zero-order valence-electron chi connectivity index (χ0n) is 18.9. The summed E-state index contributed by atoms with van der Waals surface area (Å²) in [5, 5.41) is 10.2. The van der Waals surface area contributed by atoms with Crippen LogP contribution in [0.15, 0.2) is 11.6 Å². The van der Waals surface area contributed by atoms with E-state index >= 15 is 0 Å². The number of hydrogen-bond acceptors (Lipinski definition) is 3. The van der Waals surface area contributed by atoms with Gasteiger partial charge in [0.2, 0.25) is 0 Å². The molecule has 1 unspecified atom stereocenters. The molecular weight excluding hydrogens is 386 g/mol. The Morgan fingerprint density at radius 2 is 1.97 bits per heavy atom. The Labute approximate surface area is 179 Å². The zero-order valence-corrected chi connectivity index (χ0v) is 18.9. The van der Waals surface area contributed by atoms with Gasteiger partial charge in [-0.3, -0.25) is 0 Å². The summed E-state index contributed by atoms with van der Waals surface area (Å²) in [4.78, 5) is 11.5. The molecule has 8 atom stereocenters. The number of aliphatic hydroxyl groups excluding tert-OH is 1. The first-order chi connectivity index (χ1) is 14.0. The fraction of sp³-hybridized carbons (Fsp3) is 0.880. The Hall–Kier alpha value is -0.970. The molecule has 0 saturated heterocycles. The largest absolute Gasteiger partial charge is 0.465 e. The lowest BCUT2D eigenvalue weighted by atomic mass is 9.47. The van der Waals surface area contributed by atoms with E-state index in [0.29, 0.717) is 17.8 Å². The topological polar surface area (TPSA) is 46.5 Å². The lowest BCUT2D eigenvalue weighted by Gasteiger charge is -2.58. The number of hydrogen-bond donors (Lipinski definition) is 1. The maximum atomic E-state index is 14.3. The average molecular weight is 425 g/mol. The van der Waals surface area contributed by atoms with E-state index < -0.39 is 18.3 Å². The zero-order chi connectivity index (χ0) is 21.9. The first kappa shape index (κ1) is 22.2. The molecule has 0 aromatic rings. The van der Waals surface area contributed by atoms with Gasteiger partial charge in [-0.2, -0.15) is 8.78 Å². The highest BCUT2D eigenvalue weighted by atomic mass is 19.3. The summed E-state index contributed by atoms with van der Waals surface area (Å²) in [6, 6.07) is 0. The normalized spacial score (nSPS) is 44.4. The van der Waals surface area contributed by atoms with Crippen LogP contribution in [-0.2, 0) is 9.53 Å². The lowest BCUT2D eigenvalue weighted by molar-refractivity contribution is -0.172. The predicted octanol–water partition coefficient (Wildman–Crippen LogP) is 5.76. The van der Waals surface area contributed by atoms with Crippen molar-refractivity contribution in [1.82, 2.24) is 0 Å². The Kier molecular flexibility index (Phi) is 5.61. The molecule has 5 heteroatoms. The Morgan fingerprint density at radius 3 is 2.67 bits per heavy atom. The number of methoxy groups -OCH3 is 1. The maximum Gasteiger partial charge on any atom is 0.376 e. The molecule has 3 fully saturated rings. The highest BCUT2D eigenvalue weighted by molar-refractivity contribution is 5.77. The molecule has 0 amide bonds. The molecule has 4 rings (SSSR count). The molecule has 30 heavy (non-hydrogen) atoms. The van der Waals surface area contributed by atoms with Crippen molar-refractivity contribution in [1.29, 1.82) is 0 Å². The van der Waals surface area contributed by atoms with Crippen molar-refractivity contribution < 1.29 is 23.4 Å². The van der Waals surface area contributed by atoms with Gasteiger partial charge in [-0.25, -0.2) is 4.79 Å². The highest BCUT2D eigenvalue weighted by Gasteiger charge is 2.60. The summed E-state index contributed by atoms with van der Waals surface area (Å²) in [6.07, 6.45) is 9.98. The smallest absolute Gasteiger partial charge is 0.376 e. The van der Waals surface area contributed by atoms with Gasteiger partial charge in [-0.15, -0.1) is 0 Å². The number of ether oxygens (including phenoxy) is 1. The molecule has 1 N–H and O–H groups in total. The van der Waals surface area contributed by atoms with Crippen LogP contribution >= 0.6 is 0 Å². The third-order valence-electron chi connectivity index (χ3n) is 9.90. The van der Waals surface area contributed by atoms with Crippen LogP contribution in [0, 0.1) is 40.4 Å². The highest BCUT2D eigenvalue weighted by Crippen LogP contribution is 2.67. The summed E-state index contributed by atoms with van der Waals surface area (Å²) in [5.74, 6) is -2.96. The van der Waals surface area contributed by atoms with Gasteiger partial charge in [0.25, 0.3) is 0 Å². The van der Waals surface area contributed by atoms with E-state index in [1.807, 2.05) is 6.92 Å². The number of allylic oxidation sites excluding steroid dienone is 1. The Balaban J connectivity index is 1.53. The monoisotopic (exact) mass is 424 g/mol. The number of aliphatic hydroxyl groups is 1. The summed E-state index contributed by atoms with van der Waals surface area (Å²) < 4.78 is 32.9. The van der Waals surface area contributed by atoms with E-state index in [-0.39, 0.29) is 28.8 Å². The second-order valence-electron chi connectivity index (χ2n) is 11.3. The SMILES string of the molecule is COC(=O)C(F)(F)C[C@@H](C)[C@H]1CC[C@H]2[C@@H]3CC=C4C[C@@H](O)CCC4(C)[C@H]3CC[C@]12C. The Bertz CT molecular complexity index is 719. The van der Waals surface area contributed by atoms with E-state index in [0.717, 1.165) is 58.5 Å².